The number of carbonyl (C=O) groups is 1. The van der Waals surface area contributed by atoms with Crippen molar-refractivity contribution in [3.8, 4) is 0 Å². The quantitative estimate of drug-likeness (QED) is 0.808. The van der Waals surface area contributed by atoms with E-state index in [-0.39, 0.29) is 6.54 Å². The molecule has 20 heavy (non-hydrogen) atoms. The molecule has 2 saturated heterocycles. The van der Waals surface area contributed by atoms with E-state index in [0.29, 0.717) is 39.5 Å². The van der Waals surface area contributed by atoms with Crippen molar-refractivity contribution in [2.24, 2.45) is 0 Å². The molecule has 1 N–H and O–H groups in total. The zero-order valence-corrected chi connectivity index (χ0v) is 11.2. The molecule has 0 aromatic heterocycles. The number of hydrogen-bond donors (Lipinski definition) is 1. The molecule has 0 aromatic carbocycles. The second-order valence-electron chi connectivity index (χ2n) is 5.19. The first-order valence-electron chi connectivity index (χ1n) is 6.67. The number of nitrogens with one attached hydrogen (secondary N) is 1. The lowest BCUT2D eigenvalue weighted by Crippen LogP contribution is -2.59. The molecule has 0 bridgehead atoms. The smallest absolute Gasteiger partial charge is 0.377 e. The zero-order chi connectivity index (χ0) is 14.6. The van der Waals surface area contributed by atoms with Crippen LogP contribution in [0.3, 0.4) is 0 Å². The summed E-state index contributed by atoms with van der Waals surface area (Å²) < 4.78 is 47.6. The van der Waals surface area contributed by atoms with Crippen LogP contribution in [0.2, 0.25) is 0 Å². The van der Waals surface area contributed by atoms with Crippen molar-refractivity contribution in [1.82, 2.24) is 10.2 Å². The molecular weight excluding hydrogens is 277 g/mol. The maximum Gasteiger partial charge on any atom is 0.389 e. The molecule has 0 aromatic rings. The van der Waals surface area contributed by atoms with E-state index in [1.807, 2.05) is 0 Å². The van der Waals surface area contributed by atoms with Crippen LogP contribution in [0.5, 0.6) is 0 Å². The normalized spacial score (nSPS) is 28.4. The van der Waals surface area contributed by atoms with Gasteiger partial charge in [-0.3, -0.25) is 4.79 Å². The molecule has 5 nitrogen and oxygen atoms in total. The second kappa shape index (κ2) is 6.28. The molecule has 2 fully saturated rings. The monoisotopic (exact) mass is 296 g/mol. The number of halogens is 3. The van der Waals surface area contributed by atoms with Crippen LogP contribution in [0.15, 0.2) is 0 Å². The minimum absolute atomic E-state index is 0.274. The van der Waals surface area contributed by atoms with Gasteiger partial charge in [0.15, 0.2) is 0 Å². The molecule has 2 rings (SSSR count). The van der Waals surface area contributed by atoms with Gasteiger partial charge in [0.2, 0.25) is 5.91 Å². The van der Waals surface area contributed by atoms with Crippen LogP contribution in [0, 0.1) is 0 Å². The third-order valence-corrected chi connectivity index (χ3v) is 3.46. The Labute approximate surface area is 115 Å². The van der Waals surface area contributed by atoms with E-state index in [0.717, 1.165) is 0 Å². The summed E-state index contributed by atoms with van der Waals surface area (Å²) in [5.41, 5.74) is -0.636. The van der Waals surface area contributed by atoms with Crippen LogP contribution in [-0.4, -0.2) is 68.6 Å². The third kappa shape index (κ3) is 4.32. The van der Waals surface area contributed by atoms with Gasteiger partial charge in [-0.2, -0.15) is 13.2 Å². The van der Waals surface area contributed by atoms with Crippen molar-refractivity contribution in [1.29, 1.82) is 0 Å². The molecule has 2 aliphatic rings. The van der Waals surface area contributed by atoms with Crippen LogP contribution in [-0.2, 0) is 14.3 Å². The Kier molecular flexibility index (Phi) is 4.87. The predicted octanol–water partition coefficient (Wildman–Crippen LogP) is 0.546. The summed E-state index contributed by atoms with van der Waals surface area (Å²) in [5, 5.41) is 3.16. The average Bonchev–Trinajstić information content (AvgIpc) is 2.61. The highest BCUT2D eigenvalue weighted by atomic mass is 19.4. The summed E-state index contributed by atoms with van der Waals surface area (Å²) in [6, 6.07) is 0. The van der Waals surface area contributed by atoms with Gasteiger partial charge in [-0.1, -0.05) is 0 Å². The van der Waals surface area contributed by atoms with Crippen molar-refractivity contribution in [3.63, 3.8) is 0 Å². The minimum Gasteiger partial charge on any atom is -0.377 e. The fourth-order valence-electron chi connectivity index (χ4n) is 2.43. The van der Waals surface area contributed by atoms with Gasteiger partial charge in [0.1, 0.15) is 5.60 Å². The molecule has 116 valence electrons. The number of nitrogens with zero attached hydrogens (tertiary/aromatic N) is 1. The number of carbonyl (C=O) groups excluding carboxylic acids is 1. The molecule has 1 atom stereocenters. The Balaban J connectivity index is 1.90. The Morgan fingerprint density at radius 3 is 2.90 bits per heavy atom. The Morgan fingerprint density at radius 1 is 1.35 bits per heavy atom. The molecule has 0 radical (unpaired) electrons. The van der Waals surface area contributed by atoms with E-state index in [2.05, 4.69) is 5.32 Å². The van der Waals surface area contributed by atoms with Crippen LogP contribution < -0.4 is 5.32 Å². The molecule has 2 aliphatic heterocycles. The maximum atomic E-state index is 12.2. The number of hydrogen-bond acceptors (Lipinski definition) is 4. The fraction of sp³-hybridized carbons (Fsp3) is 0.917. The largest absolute Gasteiger partial charge is 0.389 e. The van der Waals surface area contributed by atoms with Gasteiger partial charge in [0, 0.05) is 26.1 Å². The van der Waals surface area contributed by atoms with Crippen LogP contribution in [0.25, 0.3) is 0 Å². The zero-order valence-electron chi connectivity index (χ0n) is 11.2. The number of alkyl halides is 3. The summed E-state index contributed by atoms with van der Waals surface area (Å²) in [6.45, 7) is 3.08. The Morgan fingerprint density at radius 2 is 2.15 bits per heavy atom. The average molecular weight is 296 g/mol. The predicted molar refractivity (Wildman–Crippen MR) is 64.2 cm³/mol. The molecule has 8 heteroatoms. The topological polar surface area (TPSA) is 50.8 Å². The molecular formula is C12H19F3N2O3. The van der Waals surface area contributed by atoms with Crippen molar-refractivity contribution in [2.45, 2.75) is 24.6 Å². The third-order valence-electron chi connectivity index (χ3n) is 3.46. The van der Waals surface area contributed by atoms with E-state index in [1.54, 1.807) is 0 Å². The van der Waals surface area contributed by atoms with Crippen molar-refractivity contribution in [3.05, 3.63) is 0 Å². The molecule has 0 unspecified atom stereocenters. The van der Waals surface area contributed by atoms with E-state index in [4.69, 9.17) is 9.47 Å². The molecule has 1 amide bonds. The highest BCUT2D eigenvalue weighted by Gasteiger charge is 2.40. The van der Waals surface area contributed by atoms with Gasteiger partial charge < -0.3 is 19.7 Å². The number of ether oxygens (including phenoxy) is 2. The lowest BCUT2D eigenvalue weighted by Gasteiger charge is -2.41. The highest BCUT2D eigenvalue weighted by Crippen LogP contribution is 2.24. The van der Waals surface area contributed by atoms with Crippen LogP contribution >= 0.6 is 0 Å². The number of amides is 1. The second-order valence-corrected chi connectivity index (χ2v) is 5.19. The summed E-state index contributed by atoms with van der Waals surface area (Å²) in [7, 11) is 0. The maximum absolute atomic E-state index is 12.2. The van der Waals surface area contributed by atoms with Gasteiger partial charge in [0.25, 0.3) is 0 Å². The highest BCUT2D eigenvalue weighted by molar-refractivity contribution is 5.76. The minimum atomic E-state index is -4.30. The lowest BCUT2D eigenvalue weighted by atomic mass is 10.0. The van der Waals surface area contributed by atoms with Gasteiger partial charge in [0.05, 0.1) is 32.8 Å². The van der Waals surface area contributed by atoms with Crippen molar-refractivity contribution < 1.29 is 27.4 Å². The van der Waals surface area contributed by atoms with Gasteiger partial charge >= 0.3 is 6.18 Å². The van der Waals surface area contributed by atoms with Gasteiger partial charge in [-0.15, -0.1) is 0 Å². The first-order valence-corrected chi connectivity index (χ1v) is 6.67. The Hall–Kier alpha value is -0.860. The number of morpholine rings is 1. The molecule has 2 heterocycles. The van der Waals surface area contributed by atoms with Crippen LogP contribution in [0.4, 0.5) is 13.2 Å². The lowest BCUT2D eigenvalue weighted by molar-refractivity contribution is -0.165. The van der Waals surface area contributed by atoms with Crippen molar-refractivity contribution in [2.75, 3.05) is 46.0 Å². The van der Waals surface area contributed by atoms with Crippen LogP contribution in [0.1, 0.15) is 12.8 Å². The van der Waals surface area contributed by atoms with E-state index < -0.39 is 30.5 Å². The SMILES string of the molecule is O=C(CCC(F)(F)F)N1CCO[C@@]2(CNCCOC2)C1. The Bertz CT molecular complexity index is 341. The van der Waals surface area contributed by atoms with Gasteiger partial charge in [-0.05, 0) is 0 Å². The summed E-state index contributed by atoms with van der Waals surface area (Å²) in [5.74, 6) is -0.478. The first kappa shape index (κ1) is 15.5. The van der Waals surface area contributed by atoms with E-state index in [9.17, 15) is 18.0 Å². The van der Waals surface area contributed by atoms with Gasteiger partial charge in [-0.25, -0.2) is 0 Å². The molecule has 1 spiro atoms. The van der Waals surface area contributed by atoms with Crippen molar-refractivity contribution >= 4 is 5.91 Å². The molecule has 0 saturated carbocycles. The van der Waals surface area contributed by atoms with E-state index in [1.165, 1.54) is 4.90 Å². The fourth-order valence-corrected chi connectivity index (χ4v) is 2.43. The van der Waals surface area contributed by atoms with E-state index >= 15 is 0 Å². The number of rotatable bonds is 2. The summed E-state index contributed by atoms with van der Waals surface area (Å²) in [6.07, 6.45) is -5.88. The molecule has 0 aliphatic carbocycles. The first-order chi connectivity index (χ1) is 9.40. The standard InChI is InChI=1S/C12H19F3N2O3/c13-12(14,15)2-1-10(18)17-4-6-20-11(8-17)7-16-3-5-19-9-11/h16H,1-9H2/t11-/m0/s1. The summed E-state index contributed by atoms with van der Waals surface area (Å²) in [4.78, 5) is 13.3. The summed E-state index contributed by atoms with van der Waals surface area (Å²) >= 11 is 0.